The lowest BCUT2D eigenvalue weighted by Crippen LogP contribution is -2.11. The number of benzene rings is 1. The maximum atomic E-state index is 5.89. The van der Waals surface area contributed by atoms with Crippen LogP contribution in [0.4, 0.5) is 11.8 Å². The number of methoxy groups -OCH3 is 1. The van der Waals surface area contributed by atoms with Crippen molar-refractivity contribution in [3.05, 3.63) is 46.6 Å². The molecule has 0 aliphatic rings. The van der Waals surface area contributed by atoms with Crippen LogP contribution in [0.2, 0.25) is 5.02 Å². The molecule has 1 aromatic carbocycles. The molecule has 0 fully saturated rings. The van der Waals surface area contributed by atoms with Crippen LogP contribution in [0.15, 0.2) is 30.3 Å². The molecule has 5 nitrogen and oxygen atoms in total. The van der Waals surface area contributed by atoms with Crippen molar-refractivity contribution >= 4 is 23.4 Å². The molecule has 0 aliphatic heterocycles. The minimum absolute atomic E-state index is 0.648. The van der Waals surface area contributed by atoms with E-state index in [0.717, 1.165) is 49.1 Å². The van der Waals surface area contributed by atoms with Gasteiger partial charge < -0.3 is 15.4 Å². The van der Waals surface area contributed by atoms with E-state index in [1.807, 2.05) is 37.3 Å². The van der Waals surface area contributed by atoms with E-state index >= 15 is 0 Å². The average Bonchev–Trinajstić information content (AvgIpc) is 2.53. The van der Waals surface area contributed by atoms with Crippen LogP contribution in [0, 0.1) is 6.92 Å². The first-order chi connectivity index (χ1) is 11.2. The zero-order valence-corrected chi connectivity index (χ0v) is 14.4. The normalized spacial score (nSPS) is 10.6. The summed E-state index contributed by atoms with van der Waals surface area (Å²) in [5.74, 6) is 1.48. The first kappa shape index (κ1) is 17.5. The quantitative estimate of drug-likeness (QED) is 0.687. The minimum atomic E-state index is 0.648. The number of nitrogens with zero attached hydrogens (tertiary/aromatic N) is 2. The van der Waals surface area contributed by atoms with E-state index in [1.165, 1.54) is 5.56 Å². The maximum absolute atomic E-state index is 5.89. The SMILES string of the molecule is COCCCNc1nc(C)cc(NCCc2ccc(Cl)cc2)n1. The lowest BCUT2D eigenvalue weighted by molar-refractivity contribution is 0.197. The van der Waals surface area contributed by atoms with Gasteiger partial charge in [-0.05, 0) is 37.5 Å². The molecule has 2 rings (SSSR count). The predicted octanol–water partition coefficient (Wildman–Crippen LogP) is 3.54. The first-order valence-corrected chi connectivity index (χ1v) is 8.12. The average molecular weight is 335 g/mol. The van der Waals surface area contributed by atoms with Crippen molar-refractivity contribution in [1.82, 2.24) is 9.97 Å². The second kappa shape index (κ2) is 9.33. The summed E-state index contributed by atoms with van der Waals surface area (Å²) < 4.78 is 5.03. The summed E-state index contributed by atoms with van der Waals surface area (Å²) in [6.07, 6.45) is 1.84. The highest BCUT2D eigenvalue weighted by Crippen LogP contribution is 2.12. The Kier molecular flexibility index (Phi) is 7.10. The van der Waals surface area contributed by atoms with Gasteiger partial charge in [-0.25, -0.2) is 4.98 Å². The smallest absolute Gasteiger partial charge is 0.224 e. The molecule has 0 bridgehead atoms. The van der Waals surface area contributed by atoms with Crippen LogP contribution < -0.4 is 10.6 Å². The molecule has 0 saturated heterocycles. The summed E-state index contributed by atoms with van der Waals surface area (Å²) in [6, 6.07) is 9.85. The molecule has 23 heavy (non-hydrogen) atoms. The number of aryl methyl sites for hydroxylation is 1. The van der Waals surface area contributed by atoms with Gasteiger partial charge in [0.05, 0.1) is 0 Å². The number of ether oxygens (including phenoxy) is 1. The number of rotatable bonds is 9. The summed E-state index contributed by atoms with van der Waals surface area (Å²) in [4.78, 5) is 8.87. The Morgan fingerprint density at radius 3 is 2.61 bits per heavy atom. The van der Waals surface area contributed by atoms with Crippen LogP contribution in [0.5, 0.6) is 0 Å². The molecule has 124 valence electrons. The van der Waals surface area contributed by atoms with Crippen molar-refractivity contribution < 1.29 is 4.74 Å². The molecule has 0 saturated carbocycles. The van der Waals surface area contributed by atoms with Gasteiger partial charge in [0.15, 0.2) is 0 Å². The molecule has 0 atom stereocenters. The zero-order chi connectivity index (χ0) is 16.5. The van der Waals surface area contributed by atoms with Crippen molar-refractivity contribution in [2.45, 2.75) is 19.8 Å². The Morgan fingerprint density at radius 1 is 1.09 bits per heavy atom. The van der Waals surface area contributed by atoms with E-state index in [9.17, 15) is 0 Å². The standard InChI is InChI=1S/C17H23ClN4O/c1-13-12-16(22-17(21-13)20-9-3-11-23-2)19-10-8-14-4-6-15(18)7-5-14/h4-7,12H,3,8-11H2,1-2H3,(H2,19,20,21,22). The molecule has 6 heteroatoms. The van der Waals surface area contributed by atoms with Crippen molar-refractivity contribution in [2.24, 2.45) is 0 Å². The molecular formula is C17H23ClN4O. The first-order valence-electron chi connectivity index (χ1n) is 7.74. The van der Waals surface area contributed by atoms with Gasteiger partial charge in [-0.1, -0.05) is 23.7 Å². The number of hydrogen-bond acceptors (Lipinski definition) is 5. The van der Waals surface area contributed by atoms with Gasteiger partial charge in [-0.2, -0.15) is 4.98 Å². The fraction of sp³-hybridized carbons (Fsp3) is 0.412. The van der Waals surface area contributed by atoms with E-state index in [4.69, 9.17) is 16.3 Å². The Hall–Kier alpha value is -1.85. The molecule has 1 heterocycles. The van der Waals surface area contributed by atoms with Crippen LogP contribution in [0.3, 0.4) is 0 Å². The number of hydrogen-bond donors (Lipinski definition) is 2. The monoisotopic (exact) mass is 334 g/mol. The number of halogens is 1. The van der Waals surface area contributed by atoms with Crippen molar-refractivity contribution in [2.75, 3.05) is 37.4 Å². The van der Waals surface area contributed by atoms with Crippen molar-refractivity contribution in [1.29, 1.82) is 0 Å². The lowest BCUT2D eigenvalue weighted by atomic mass is 10.1. The molecule has 0 radical (unpaired) electrons. The Balaban J connectivity index is 1.84. The molecule has 0 unspecified atom stereocenters. The summed E-state index contributed by atoms with van der Waals surface area (Å²) in [5.41, 5.74) is 2.17. The van der Waals surface area contributed by atoms with E-state index in [-0.39, 0.29) is 0 Å². The zero-order valence-electron chi connectivity index (χ0n) is 13.6. The molecule has 0 amide bonds. The number of nitrogens with one attached hydrogen (secondary N) is 2. The van der Waals surface area contributed by atoms with Gasteiger partial charge in [-0.15, -0.1) is 0 Å². The number of anilines is 2. The van der Waals surface area contributed by atoms with Crippen LogP contribution in [0.25, 0.3) is 0 Å². The third-order valence-corrected chi connectivity index (χ3v) is 3.55. The minimum Gasteiger partial charge on any atom is -0.385 e. The van der Waals surface area contributed by atoms with Crippen molar-refractivity contribution in [3.8, 4) is 0 Å². The molecule has 2 aromatic rings. The third-order valence-electron chi connectivity index (χ3n) is 3.30. The van der Waals surface area contributed by atoms with E-state index < -0.39 is 0 Å². The molecule has 0 spiro atoms. The van der Waals surface area contributed by atoms with E-state index in [0.29, 0.717) is 5.95 Å². The van der Waals surface area contributed by atoms with Gasteiger partial charge in [0.1, 0.15) is 5.82 Å². The van der Waals surface area contributed by atoms with Crippen molar-refractivity contribution in [3.63, 3.8) is 0 Å². The lowest BCUT2D eigenvalue weighted by Gasteiger charge is -2.10. The Labute approximate surface area is 142 Å². The largest absolute Gasteiger partial charge is 0.385 e. The van der Waals surface area contributed by atoms with Crippen LogP contribution in [-0.4, -0.2) is 36.8 Å². The van der Waals surface area contributed by atoms with Gasteiger partial charge in [0, 0.05) is 43.6 Å². The summed E-state index contributed by atoms with van der Waals surface area (Å²) in [5, 5.41) is 7.32. The third kappa shape index (κ3) is 6.42. The molecule has 0 aliphatic carbocycles. The summed E-state index contributed by atoms with van der Waals surface area (Å²) in [6.45, 7) is 4.29. The highest BCUT2D eigenvalue weighted by molar-refractivity contribution is 6.30. The molecular weight excluding hydrogens is 312 g/mol. The Morgan fingerprint density at radius 2 is 1.87 bits per heavy atom. The topological polar surface area (TPSA) is 59.1 Å². The van der Waals surface area contributed by atoms with E-state index in [2.05, 4.69) is 20.6 Å². The van der Waals surface area contributed by atoms with Crippen LogP contribution in [0.1, 0.15) is 17.7 Å². The number of aromatic nitrogens is 2. The van der Waals surface area contributed by atoms with Gasteiger partial charge in [-0.3, -0.25) is 0 Å². The maximum Gasteiger partial charge on any atom is 0.224 e. The van der Waals surface area contributed by atoms with Crippen LogP contribution >= 0.6 is 11.6 Å². The Bertz CT molecular complexity index is 604. The fourth-order valence-electron chi connectivity index (χ4n) is 2.14. The fourth-order valence-corrected chi connectivity index (χ4v) is 2.27. The van der Waals surface area contributed by atoms with Gasteiger partial charge >= 0.3 is 0 Å². The highest BCUT2D eigenvalue weighted by Gasteiger charge is 2.02. The summed E-state index contributed by atoms with van der Waals surface area (Å²) >= 11 is 5.89. The highest BCUT2D eigenvalue weighted by atomic mass is 35.5. The van der Waals surface area contributed by atoms with Crippen LogP contribution in [-0.2, 0) is 11.2 Å². The molecule has 2 N–H and O–H groups in total. The van der Waals surface area contributed by atoms with E-state index in [1.54, 1.807) is 7.11 Å². The summed E-state index contributed by atoms with van der Waals surface area (Å²) in [7, 11) is 1.70. The second-order valence-electron chi connectivity index (χ2n) is 5.29. The van der Waals surface area contributed by atoms with Gasteiger partial charge in [0.2, 0.25) is 5.95 Å². The predicted molar refractivity (Wildman–Crippen MR) is 95.4 cm³/mol. The molecule has 1 aromatic heterocycles. The second-order valence-corrected chi connectivity index (χ2v) is 5.73. The van der Waals surface area contributed by atoms with Gasteiger partial charge in [0.25, 0.3) is 0 Å².